The van der Waals surface area contributed by atoms with E-state index in [1.54, 1.807) is 0 Å². The largest absolute Gasteiger partial charge is 0.457 e. The molecular weight excluding hydrogens is 653 g/mol. The van der Waals surface area contributed by atoms with Crippen LogP contribution in [0.3, 0.4) is 0 Å². The fourth-order valence-electron chi connectivity index (χ4n) is 8.39. The fraction of sp³-hybridized carbons (Fsp3) is 0.0208. The zero-order valence-electron chi connectivity index (χ0n) is 28.4. The van der Waals surface area contributed by atoms with Gasteiger partial charge in [0.2, 0.25) is 0 Å². The predicted molar refractivity (Wildman–Crippen MR) is 208 cm³/mol. The Hall–Kier alpha value is -7.11. The van der Waals surface area contributed by atoms with E-state index in [2.05, 4.69) is 131 Å². The number of ether oxygens (including phenoxy) is 3. The van der Waals surface area contributed by atoms with E-state index < -0.39 is 5.41 Å². The average molecular weight is 683 g/mol. The standard InChI is InChI=1S/C48H30N2O3/c1-2-13-33(14-3-1)50-40-19-6-9-23-44(40)53-47-34(15-12-20-41(47)50)31-24-26-37-45(29-31)51-42-21-7-4-16-35(42)48(37)36-17-5-8-22-43(36)52-46-30-32(25-27-38(46)48)39-18-10-11-28-49-39/h1-30H. The molecule has 0 saturated heterocycles. The highest BCUT2D eigenvalue weighted by Crippen LogP contribution is 2.62. The second-order valence-corrected chi connectivity index (χ2v) is 13.5. The lowest BCUT2D eigenvalue weighted by atomic mass is 9.62. The highest BCUT2D eigenvalue weighted by molar-refractivity contribution is 5.92. The number of rotatable bonds is 3. The maximum Gasteiger partial charge on any atom is 0.159 e. The Bertz CT molecular complexity index is 2720. The minimum Gasteiger partial charge on any atom is -0.457 e. The highest BCUT2D eigenvalue weighted by atomic mass is 16.5. The van der Waals surface area contributed by atoms with Crippen LogP contribution >= 0.6 is 0 Å². The van der Waals surface area contributed by atoms with E-state index in [1.807, 2.05) is 60.8 Å². The molecule has 0 fully saturated rings. The lowest BCUT2D eigenvalue weighted by Crippen LogP contribution is -2.36. The number of aromatic nitrogens is 1. The molecule has 1 aromatic heterocycles. The minimum atomic E-state index is -0.703. The van der Waals surface area contributed by atoms with Crippen molar-refractivity contribution in [3.63, 3.8) is 0 Å². The van der Waals surface area contributed by atoms with Crippen molar-refractivity contribution in [2.75, 3.05) is 4.90 Å². The minimum absolute atomic E-state index is 0.703. The first-order chi connectivity index (χ1) is 26.3. The Kier molecular flexibility index (Phi) is 6.40. The Labute approximate surface area is 306 Å². The summed E-state index contributed by atoms with van der Waals surface area (Å²) in [7, 11) is 0. The van der Waals surface area contributed by atoms with Gasteiger partial charge in [0, 0.05) is 45.3 Å². The predicted octanol–water partition coefficient (Wildman–Crippen LogP) is 12.6. The van der Waals surface area contributed by atoms with Gasteiger partial charge in [-0.25, -0.2) is 0 Å². The lowest BCUT2D eigenvalue weighted by molar-refractivity contribution is 0.399. The van der Waals surface area contributed by atoms with Crippen LogP contribution < -0.4 is 19.1 Å². The van der Waals surface area contributed by atoms with Crippen molar-refractivity contribution in [3.8, 4) is 56.9 Å². The molecule has 0 aliphatic carbocycles. The summed E-state index contributed by atoms with van der Waals surface area (Å²) in [4.78, 5) is 6.90. The molecule has 3 aliphatic rings. The van der Waals surface area contributed by atoms with Crippen molar-refractivity contribution in [2.24, 2.45) is 0 Å². The molecule has 7 aromatic carbocycles. The molecule has 1 spiro atoms. The number of nitrogens with zero attached hydrogens (tertiary/aromatic N) is 2. The molecule has 11 rings (SSSR count). The number of hydrogen-bond donors (Lipinski definition) is 0. The van der Waals surface area contributed by atoms with Crippen LogP contribution in [0.5, 0.6) is 34.5 Å². The molecule has 0 radical (unpaired) electrons. The van der Waals surface area contributed by atoms with Crippen molar-refractivity contribution >= 4 is 17.1 Å². The first-order valence-electron chi connectivity index (χ1n) is 17.8. The average Bonchev–Trinajstić information content (AvgIpc) is 3.22. The van der Waals surface area contributed by atoms with Crippen LogP contribution in [0.1, 0.15) is 22.3 Å². The first kappa shape index (κ1) is 29.6. The van der Waals surface area contributed by atoms with Crippen LogP contribution in [0.4, 0.5) is 17.1 Å². The van der Waals surface area contributed by atoms with Gasteiger partial charge in [0.05, 0.1) is 22.5 Å². The van der Waals surface area contributed by atoms with Crippen LogP contribution in [0, 0.1) is 0 Å². The van der Waals surface area contributed by atoms with E-state index in [1.165, 1.54) is 0 Å². The Morgan fingerprint density at radius 2 is 1.00 bits per heavy atom. The molecule has 0 bridgehead atoms. The number of anilines is 3. The van der Waals surface area contributed by atoms with E-state index in [4.69, 9.17) is 14.2 Å². The summed E-state index contributed by atoms with van der Waals surface area (Å²) >= 11 is 0. The van der Waals surface area contributed by atoms with Crippen molar-refractivity contribution in [1.29, 1.82) is 0 Å². The summed E-state index contributed by atoms with van der Waals surface area (Å²) in [6, 6.07) is 60.7. The molecule has 4 heterocycles. The summed E-state index contributed by atoms with van der Waals surface area (Å²) in [5.41, 5.74) is 10.4. The van der Waals surface area contributed by atoms with Gasteiger partial charge in [-0.3, -0.25) is 4.98 Å². The normalized spacial score (nSPS) is 15.7. The van der Waals surface area contributed by atoms with Crippen LogP contribution in [0.2, 0.25) is 0 Å². The third kappa shape index (κ3) is 4.34. The SMILES string of the molecule is c1ccc(N2c3ccccc3Oc3c(-c4ccc5c(c4)Oc4ccccc4C54c5ccccc5Oc5cc(-c6ccccn6)ccc54)cccc32)cc1. The van der Waals surface area contributed by atoms with E-state index in [-0.39, 0.29) is 0 Å². The zero-order valence-corrected chi connectivity index (χ0v) is 28.4. The highest BCUT2D eigenvalue weighted by Gasteiger charge is 2.50. The quantitative estimate of drug-likeness (QED) is 0.186. The smallest absolute Gasteiger partial charge is 0.159 e. The molecule has 0 amide bonds. The third-order valence-corrected chi connectivity index (χ3v) is 10.6. The molecule has 8 aromatic rings. The van der Waals surface area contributed by atoms with Gasteiger partial charge < -0.3 is 19.1 Å². The Morgan fingerprint density at radius 1 is 0.415 bits per heavy atom. The maximum atomic E-state index is 6.88. The second kappa shape index (κ2) is 11.5. The van der Waals surface area contributed by atoms with Gasteiger partial charge in [-0.1, -0.05) is 109 Å². The van der Waals surface area contributed by atoms with E-state index in [9.17, 15) is 0 Å². The number of pyridine rings is 1. The summed E-state index contributed by atoms with van der Waals surface area (Å²) in [5.74, 6) is 4.80. The summed E-state index contributed by atoms with van der Waals surface area (Å²) in [5, 5.41) is 0. The van der Waals surface area contributed by atoms with Crippen LogP contribution in [0.25, 0.3) is 22.4 Å². The number of hydrogen-bond acceptors (Lipinski definition) is 5. The molecule has 1 unspecified atom stereocenters. The molecule has 3 aliphatic heterocycles. The Balaban J connectivity index is 1.13. The Morgan fingerprint density at radius 3 is 1.72 bits per heavy atom. The zero-order chi connectivity index (χ0) is 34.9. The molecule has 1 atom stereocenters. The molecular formula is C48H30N2O3. The van der Waals surface area contributed by atoms with Crippen LogP contribution in [-0.2, 0) is 5.41 Å². The summed E-state index contributed by atoms with van der Waals surface area (Å²) in [6.07, 6.45) is 1.82. The lowest BCUT2D eigenvalue weighted by Gasteiger charge is -2.45. The molecule has 5 heteroatoms. The molecule has 5 nitrogen and oxygen atoms in total. The second-order valence-electron chi connectivity index (χ2n) is 13.5. The molecule has 53 heavy (non-hydrogen) atoms. The first-order valence-corrected chi connectivity index (χ1v) is 17.8. The molecule has 0 saturated carbocycles. The maximum absolute atomic E-state index is 6.88. The van der Waals surface area contributed by atoms with Crippen molar-refractivity contribution in [2.45, 2.75) is 5.41 Å². The topological polar surface area (TPSA) is 43.8 Å². The van der Waals surface area contributed by atoms with Gasteiger partial charge in [-0.15, -0.1) is 0 Å². The van der Waals surface area contributed by atoms with Gasteiger partial charge in [-0.2, -0.15) is 0 Å². The molecule has 0 N–H and O–H groups in total. The van der Waals surface area contributed by atoms with Crippen molar-refractivity contribution in [1.82, 2.24) is 4.98 Å². The van der Waals surface area contributed by atoms with Gasteiger partial charge in [0.15, 0.2) is 11.5 Å². The van der Waals surface area contributed by atoms with Gasteiger partial charge >= 0.3 is 0 Å². The van der Waals surface area contributed by atoms with Gasteiger partial charge in [0.1, 0.15) is 23.0 Å². The van der Waals surface area contributed by atoms with Crippen molar-refractivity contribution < 1.29 is 14.2 Å². The van der Waals surface area contributed by atoms with Crippen molar-refractivity contribution in [3.05, 3.63) is 204 Å². The molecule has 250 valence electrons. The summed E-state index contributed by atoms with van der Waals surface area (Å²) < 4.78 is 20.4. The van der Waals surface area contributed by atoms with Crippen LogP contribution in [-0.4, -0.2) is 4.98 Å². The fourth-order valence-corrected chi connectivity index (χ4v) is 8.39. The van der Waals surface area contributed by atoms with Gasteiger partial charge in [0.25, 0.3) is 0 Å². The number of fused-ring (bicyclic) bond motifs is 10. The third-order valence-electron chi connectivity index (χ3n) is 10.6. The van der Waals surface area contributed by atoms with E-state index in [0.717, 1.165) is 96.2 Å². The van der Waals surface area contributed by atoms with Crippen LogP contribution in [0.15, 0.2) is 182 Å². The number of benzene rings is 7. The monoisotopic (exact) mass is 682 g/mol. The van der Waals surface area contributed by atoms with E-state index in [0.29, 0.717) is 0 Å². The number of para-hydroxylation sites is 6. The summed E-state index contributed by atoms with van der Waals surface area (Å²) in [6.45, 7) is 0. The van der Waals surface area contributed by atoms with E-state index >= 15 is 0 Å². The van der Waals surface area contributed by atoms with Gasteiger partial charge in [-0.05, 0) is 72.3 Å².